The second-order valence-corrected chi connectivity index (χ2v) is 6.49. The zero-order valence-corrected chi connectivity index (χ0v) is 15.2. The number of halogens is 2. The summed E-state index contributed by atoms with van der Waals surface area (Å²) in [5.74, 6) is -5.41. The van der Waals surface area contributed by atoms with Gasteiger partial charge in [0.15, 0.2) is 11.9 Å². The number of aliphatic hydroxyl groups is 1. The summed E-state index contributed by atoms with van der Waals surface area (Å²) in [5, 5.41) is 9.81. The first-order chi connectivity index (χ1) is 13.0. The predicted molar refractivity (Wildman–Crippen MR) is 89.4 cm³/mol. The second kappa shape index (κ2) is 8.71. The zero-order chi connectivity index (χ0) is 21.1. The number of Topliss-reactive ketones (excluding diaryl/α,β-unsaturated/α-hetero) is 1. The molecule has 0 aliphatic carbocycles. The number of ketones is 1. The number of nitrogens with zero attached hydrogens (tertiary/aromatic N) is 2. The Hall–Kier alpha value is -2.44. The average molecular weight is 405 g/mol. The van der Waals surface area contributed by atoms with E-state index in [0.29, 0.717) is 4.57 Å². The van der Waals surface area contributed by atoms with Crippen LogP contribution >= 0.6 is 0 Å². The molecule has 0 spiro atoms. The monoisotopic (exact) mass is 405 g/mol. The van der Waals surface area contributed by atoms with Gasteiger partial charge in [0, 0.05) is 12.1 Å². The minimum absolute atomic E-state index is 0.162. The van der Waals surface area contributed by atoms with E-state index in [2.05, 4.69) is 4.98 Å². The van der Waals surface area contributed by atoms with E-state index in [-0.39, 0.29) is 24.1 Å². The number of hydrogen-bond donors (Lipinski definition) is 2. The lowest BCUT2D eigenvalue weighted by molar-refractivity contribution is -0.156. The van der Waals surface area contributed by atoms with Gasteiger partial charge in [0.2, 0.25) is 6.23 Å². The van der Waals surface area contributed by atoms with E-state index in [4.69, 9.17) is 19.9 Å². The zero-order valence-electron chi connectivity index (χ0n) is 15.2. The summed E-state index contributed by atoms with van der Waals surface area (Å²) in [5.41, 5.74) is 4.23. The Morgan fingerprint density at radius 2 is 2.11 bits per heavy atom. The molecule has 3 atom stereocenters. The molecule has 0 radical (unpaired) electrons. The Bertz CT molecular complexity index is 784. The first kappa shape index (κ1) is 21.9. The maximum Gasteiger partial charge on any atom is 0.351 e. The van der Waals surface area contributed by atoms with Crippen molar-refractivity contribution in [3.05, 3.63) is 22.7 Å². The van der Waals surface area contributed by atoms with Crippen molar-refractivity contribution in [3.63, 3.8) is 0 Å². The Labute approximate surface area is 158 Å². The normalized spacial score (nSPS) is 23.7. The lowest BCUT2D eigenvalue weighted by Crippen LogP contribution is -2.42. The van der Waals surface area contributed by atoms with Crippen molar-refractivity contribution in [2.75, 3.05) is 25.6 Å². The van der Waals surface area contributed by atoms with Crippen molar-refractivity contribution >= 4 is 17.6 Å². The van der Waals surface area contributed by atoms with Crippen LogP contribution in [0, 0.1) is 5.92 Å². The van der Waals surface area contributed by atoms with Crippen LogP contribution in [-0.2, 0) is 23.8 Å². The highest BCUT2D eigenvalue weighted by molar-refractivity contribution is 5.81. The molecule has 1 aliphatic rings. The van der Waals surface area contributed by atoms with Gasteiger partial charge in [-0.1, -0.05) is 13.8 Å². The van der Waals surface area contributed by atoms with E-state index < -0.39 is 49.2 Å². The second-order valence-electron chi connectivity index (χ2n) is 6.49. The van der Waals surface area contributed by atoms with Crippen molar-refractivity contribution in [2.24, 2.45) is 5.92 Å². The molecule has 1 aromatic rings. The Morgan fingerprint density at radius 3 is 2.71 bits per heavy atom. The van der Waals surface area contributed by atoms with Crippen molar-refractivity contribution in [3.8, 4) is 0 Å². The largest absolute Gasteiger partial charge is 0.461 e. The summed E-state index contributed by atoms with van der Waals surface area (Å²) in [4.78, 5) is 38.1. The maximum atomic E-state index is 14.3. The number of ether oxygens (including phenoxy) is 3. The number of nitrogen functional groups attached to an aromatic ring is 1. The molecule has 0 aromatic carbocycles. The number of aromatic nitrogens is 2. The van der Waals surface area contributed by atoms with Gasteiger partial charge in [-0.05, 0) is 6.07 Å². The fourth-order valence-electron chi connectivity index (χ4n) is 2.33. The van der Waals surface area contributed by atoms with Gasteiger partial charge < -0.3 is 25.1 Å². The van der Waals surface area contributed by atoms with Crippen LogP contribution in [0.5, 0.6) is 0 Å². The van der Waals surface area contributed by atoms with E-state index in [1.54, 1.807) is 13.8 Å². The number of alkyl halides is 2. The molecule has 1 fully saturated rings. The van der Waals surface area contributed by atoms with Gasteiger partial charge in [-0.3, -0.25) is 9.36 Å². The molecule has 1 aliphatic heterocycles. The molecule has 2 heterocycles. The summed E-state index contributed by atoms with van der Waals surface area (Å²) < 4.78 is 43.8. The Morgan fingerprint density at radius 1 is 1.43 bits per heavy atom. The minimum atomic E-state index is -3.85. The van der Waals surface area contributed by atoms with E-state index in [9.17, 15) is 28.3 Å². The van der Waals surface area contributed by atoms with Crippen LogP contribution in [0.4, 0.5) is 14.6 Å². The molecule has 10 nitrogen and oxygen atoms in total. The topological polar surface area (TPSA) is 143 Å². The number of rotatable bonds is 8. The van der Waals surface area contributed by atoms with Gasteiger partial charge in [-0.25, -0.2) is 9.59 Å². The summed E-state index contributed by atoms with van der Waals surface area (Å²) in [6, 6.07) is 1.12. The quantitative estimate of drug-likeness (QED) is 0.547. The van der Waals surface area contributed by atoms with Crippen LogP contribution in [0.1, 0.15) is 20.1 Å². The van der Waals surface area contributed by atoms with Crippen molar-refractivity contribution in [2.45, 2.75) is 38.2 Å². The number of nitrogens with two attached hydrogens (primary N) is 1. The van der Waals surface area contributed by atoms with Gasteiger partial charge in [0.1, 0.15) is 31.7 Å². The molecule has 156 valence electrons. The Kier molecular flexibility index (Phi) is 6.80. The molecule has 1 aromatic heterocycles. The lowest BCUT2D eigenvalue weighted by Gasteiger charge is -2.20. The van der Waals surface area contributed by atoms with Gasteiger partial charge in [0.05, 0.1) is 0 Å². The number of carbonyl (C=O) groups is 2. The number of carbonyl (C=O) groups excluding carboxylic acids is 2. The fourth-order valence-corrected chi connectivity index (χ4v) is 2.33. The van der Waals surface area contributed by atoms with Crippen LogP contribution in [0.25, 0.3) is 0 Å². The number of esters is 1. The highest BCUT2D eigenvalue weighted by atomic mass is 19.3. The molecule has 28 heavy (non-hydrogen) atoms. The molecular weight excluding hydrogens is 384 g/mol. The fraction of sp³-hybridized carbons (Fsp3) is 0.625. The average Bonchev–Trinajstić information content (AvgIpc) is 2.83. The van der Waals surface area contributed by atoms with E-state index in [1.165, 1.54) is 0 Å². The maximum absolute atomic E-state index is 14.3. The molecule has 1 saturated heterocycles. The molecule has 3 N–H and O–H groups in total. The van der Waals surface area contributed by atoms with Crippen LogP contribution in [0.15, 0.2) is 17.1 Å². The number of anilines is 1. The van der Waals surface area contributed by atoms with Gasteiger partial charge >= 0.3 is 17.6 Å². The Balaban J connectivity index is 1.93. The molecule has 12 heteroatoms. The standard InChI is InChI=1S/C16H21F2N3O7/c1-8(2)9(22)5-26-7-12(23)27-6-10-13(24)16(17,18)14(28-10)21-4-3-11(19)20-15(21)25/h3-4,8,10,13-14,24H,5-7H2,1-2H3,(H2,19,20,25)/t10?,13-,14+/m0/s1. The minimum Gasteiger partial charge on any atom is -0.461 e. The van der Waals surface area contributed by atoms with Crippen LogP contribution in [0.2, 0.25) is 0 Å². The van der Waals surface area contributed by atoms with Crippen LogP contribution in [0.3, 0.4) is 0 Å². The molecule has 2 rings (SSSR count). The van der Waals surface area contributed by atoms with Gasteiger partial charge in [0.25, 0.3) is 0 Å². The number of hydrogen-bond acceptors (Lipinski definition) is 9. The summed E-state index contributed by atoms with van der Waals surface area (Å²) in [6.45, 7) is 1.78. The molecule has 0 amide bonds. The highest BCUT2D eigenvalue weighted by Crippen LogP contribution is 2.42. The van der Waals surface area contributed by atoms with E-state index in [0.717, 1.165) is 12.3 Å². The van der Waals surface area contributed by atoms with Crippen molar-refractivity contribution < 1.29 is 37.7 Å². The third-order valence-corrected chi connectivity index (χ3v) is 4.00. The first-order valence-electron chi connectivity index (χ1n) is 8.36. The first-order valence-corrected chi connectivity index (χ1v) is 8.36. The third kappa shape index (κ3) is 4.88. The summed E-state index contributed by atoms with van der Waals surface area (Å²) in [7, 11) is 0. The van der Waals surface area contributed by atoms with Gasteiger partial charge in [-0.2, -0.15) is 13.8 Å². The molecular formula is C16H21F2N3O7. The SMILES string of the molecule is CC(C)C(=O)COCC(=O)OCC1O[C@@H](n2ccc(N)nc2=O)C(F)(F)[C@H]1O. The molecule has 1 unspecified atom stereocenters. The van der Waals surface area contributed by atoms with Crippen molar-refractivity contribution in [1.82, 2.24) is 9.55 Å². The molecule has 0 saturated carbocycles. The smallest absolute Gasteiger partial charge is 0.351 e. The number of aliphatic hydroxyl groups excluding tert-OH is 1. The van der Waals surface area contributed by atoms with Crippen LogP contribution in [-0.4, -0.2) is 64.4 Å². The van der Waals surface area contributed by atoms with E-state index in [1.807, 2.05) is 0 Å². The summed E-state index contributed by atoms with van der Waals surface area (Å²) >= 11 is 0. The van der Waals surface area contributed by atoms with Gasteiger partial charge in [-0.15, -0.1) is 0 Å². The van der Waals surface area contributed by atoms with Crippen molar-refractivity contribution in [1.29, 1.82) is 0 Å². The third-order valence-electron chi connectivity index (χ3n) is 4.00. The van der Waals surface area contributed by atoms with E-state index >= 15 is 0 Å². The summed E-state index contributed by atoms with van der Waals surface area (Å²) in [6.07, 6.45) is -5.11. The van der Waals surface area contributed by atoms with Crippen LogP contribution < -0.4 is 11.4 Å². The predicted octanol–water partition coefficient (Wildman–Crippen LogP) is -0.496. The molecule has 0 bridgehead atoms. The lowest BCUT2D eigenvalue weighted by atomic mass is 10.1. The highest BCUT2D eigenvalue weighted by Gasteiger charge is 2.60.